The third kappa shape index (κ3) is 2.30. The van der Waals surface area contributed by atoms with E-state index < -0.39 is 0 Å². The van der Waals surface area contributed by atoms with E-state index in [1.165, 1.54) is 11.1 Å². The van der Waals surface area contributed by atoms with Crippen molar-refractivity contribution < 1.29 is 4.42 Å². The van der Waals surface area contributed by atoms with Crippen LogP contribution in [0.25, 0.3) is 22.5 Å². The molecule has 3 rings (SSSR count). The topological polar surface area (TPSA) is 64.9 Å². The predicted octanol–water partition coefficient (Wildman–Crippen LogP) is 3.01. The number of nitrogens with zero attached hydrogens (tertiary/aromatic N) is 2. The molecule has 2 aromatic heterocycles. The molecule has 0 fully saturated rings. The molecule has 4 nitrogen and oxygen atoms in total. The lowest BCUT2D eigenvalue weighted by Crippen LogP contribution is -2.02. The number of benzene rings is 1. The van der Waals surface area contributed by atoms with Crippen molar-refractivity contribution in [1.82, 2.24) is 9.97 Å². The van der Waals surface area contributed by atoms with Gasteiger partial charge in [-0.15, -0.1) is 0 Å². The van der Waals surface area contributed by atoms with E-state index in [-0.39, 0.29) is 0 Å². The standard InChI is InChI=1S/C16H17N3O/c1-10-3-4-12(11(2)9-10)13-5-6-14-16(18-13)19-15(20-14)7-8-17/h3-6,9H,7-8,17H2,1-2H3. The molecule has 20 heavy (non-hydrogen) atoms. The zero-order chi connectivity index (χ0) is 14.1. The van der Waals surface area contributed by atoms with Crippen molar-refractivity contribution in [3.63, 3.8) is 0 Å². The first-order chi connectivity index (χ1) is 9.67. The van der Waals surface area contributed by atoms with Crippen molar-refractivity contribution in [2.24, 2.45) is 5.73 Å². The minimum Gasteiger partial charge on any atom is -0.439 e. The van der Waals surface area contributed by atoms with Crippen LogP contribution in [0.2, 0.25) is 0 Å². The number of fused-ring (bicyclic) bond motifs is 1. The molecule has 0 amide bonds. The molecule has 0 saturated heterocycles. The summed E-state index contributed by atoms with van der Waals surface area (Å²) in [4.78, 5) is 8.97. The maximum absolute atomic E-state index is 5.60. The lowest BCUT2D eigenvalue weighted by atomic mass is 10.0. The summed E-state index contributed by atoms with van der Waals surface area (Å²) in [6.07, 6.45) is 0.634. The highest BCUT2D eigenvalue weighted by atomic mass is 16.3. The maximum Gasteiger partial charge on any atom is 0.199 e. The summed E-state index contributed by atoms with van der Waals surface area (Å²) in [6.45, 7) is 4.71. The third-order valence-corrected chi connectivity index (χ3v) is 3.31. The molecule has 0 unspecified atom stereocenters. The summed E-state index contributed by atoms with van der Waals surface area (Å²) in [7, 11) is 0. The zero-order valence-electron chi connectivity index (χ0n) is 11.7. The first-order valence-corrected chi connectivity index (χ1v) is 6.71. The predicted molar refractivity (Wildman–Crippen MR) is 79.5 cm³/mol. The molecule has 2 N–H and O–H groups in total. The van der Waals surface area contributed by atoms with Crippen LogP contribution in [0, 0.1) is 13.8 Å². The summed E-state index contributed by atoms with van der Waals surface area (Å²) < 4.78 is 5.60. The maximum atomic E-state index is 5.60. The third-order valence-electron chi connectivity index (χ3n) is 3.31. The van der Waals surface area contributed by atoms with Gasteiger partial charge in [0.15, 0.2) is 17.1 Å². The van der Waals surface area contributed by atoms with E-state index in [2.05, 4.69) is 42.0 Å². The van der Waals surface area contributed by atoms with Crippen LogP contribution in [0.15, 0.2) is 34.7 Å². The highest BCUT2D eigenvalue weighted by Gasteiger charge is 2.09. The Morgan fingerprint density at radius 3 is 2.70 bits per heavy atom. The van der Waals surface area contributed by atoms with Crippen molar-refractivity contribution in [1.29, 1.82) is 0 Å². The molecule has 2 heterocycles. The van der Waals surface area contributed by atoms with E-state index in [0.717, 1.165) is 11.3 Å². The van der Waals surface area contributed by atoms with E-state index in [0.29, 0.717) is 30.1 Å². The van der Waals surface area contributed by atoms with Crippen LogP contribution in [0.5, 0.6) is 0 Å². The van der Waals surface area contributed by atoms with E-state index >= 15 is 0 Å². The second-order valence-electron chi connectivity index (χ2n) is 4.98. The Morgan fingerprint density at radius 2 is 1.95 bits per heavy atom. The van der Waals surface area contributed by atoms with Gasteiger partial charge >= 0.3 is 0 Å². The zero-order valence-corrected chi connectivity index (χ0v) is 11.7. The number of hydrogen-bond donors (Lipinski definition) is 1. The molecule has 0 aliphatic rings. The van der Waals surface area contributed by atoms with Crippen LogP contribution in [0.3, 0.4) is 0 Å². The van der Waals surface area contributed by atoms with Crippen molar-refractivity contribution in [2.45, 2.75) is 20.3 Å². The summed E-state index contributed by atoms with van der Waals surface area (Å²) in [5.41, 5.74) is 11.4. The minimum absolute atomic E-state index is 0.525. The van der Waals surface area contributed by atoms with Crippen molar-refractivity contribution in [2.75, 3.05) is 6.54 Å². The van der Waals surface area contributed by atoms with Crippen LogP contribution in [-0.2, 0) is 6.42 Å². The van der Waals surface area contributed by atoms with Gasteiger partial charge in [-0.05, 0) is 31.5 Å². The monoisotopic (exact) mass is 267 g/mol. The number of hydrogen-bond acceptors (Lipinski definition) is 4. The van der Waals surface area contributed by atoms with Crippen LogP contribution < -0.4 is 5.73 Å². The highest BCUT2D eigenvalue weighted by molar-refractivity contribution is 5.74. The lowest BCUT2D eigenvalue weighted by Gasteiger charge is -2.05. The molecule has 0 radical (unpaired) electrons. The smallest absolute Gasteiger partial charge is 0.199 e. The van der Waals surface area contributed by atoms with Gasteiger partial charge in [-0.25, -0.2) is 4.98 Å². The molecule has 0 spiro atoms. The highest BCUT2D eigenvalue weighted by Crippen LogP contribution is 2.25. The van der Waals surface area contributed by atoms with Gasteiger partial charge in [-0.2, -0.15) is 4.98 Å². The molecule has 0 saturated carbocycles. The van der Waals surface area contributed by atoms with Gasteiger partial charge in [-0.3, -0.25) is 0 Å². The number of pyridine rings is 1. The Kier molecular flexibility index (Phi) is 3.24. The molecule has 0 aliphatic heterocycles. The molecule has 4 heteroatoms. The Hall–Kier alpha value is -2.20. The van der Waals surface area contributed by atoms with Gasteiger partial charge in [-0.1, -0.05) is 23.8 Å². The Labute approximate surface area is 117 Å². The Balaban J connectivity index is 2.07. The average molecular weight is 267 g/mol. The Bertz CT molecular complexity index is 762. The molecule has 1 aromatic carbocycles. The summed E-state index contributed by atoms with van der Waals surface area (Å²) in [6, 6.07) is 10.2. The van der Waals surface area contributed by atoms with Gasteiger partial charge in [0.05, 0.1) is 5.69 Å². The first kappa shape index (κ1) is 12.8. The van der Waals surface area contributed by atoms with E-state index in [1.54, 1.807) is 0 Å². The first-order valence-electron chi connectivity index (χ1n) is 6.71. The molecule has 102 valence electrons. The van der Waals surface area contributed by atoms with Crippen molar-refractivity contribution >= 4 is 11.2 Å². The van der Waals surface area contributed by atoms with Gasteiger partial charge in [0.1, 0.15) is 0 Å². The molecular formula is C16H17N3O. The molecule has 0 bridgehead atoms. The van der Waals surface area contributed by atoms with Gasteiger partial charge in [0.25, 0.3) is 0 Å². The second-order valence-corrected chi connectivity index (χ2v) is 4.98. The van der Waals surface area contributed by atoms with E-state index in [4.69, 9.17) is 10.2 Å². The molecular weight excluding hydrogens is 250 g/mol. The largest absolute Gasteiger partial charge is 0.439 e. The lowest BCUT2D eigenvalue weighted by molar-refractivity contribution is 0.531. The van der Waals surface area contributed by atoms with Crippen LogP contribution >= 0.6 is 0 Å². The second kappa shape index (κ2) is 5.06. The summed E-state index contributed by atoms with van der Waals surface area (Å²) in [5.74, 6) is 0.646. The minimum atomic E-state index is 0.525. The number of oxazole rings is 1. The number of aryl methyl sites for hydroxylation is 2. The normalized spacial score (nSPS) is 11.2. The van der Waals surface area contributed by atoms with Crippen molar-refractivity contribution in [3.05, 3.63) is 47.3 Å². The molecule has 3 aromatic rings. The summed E-state index contributed by atoms with van der Waals surface area (Å²) in [5, 5.41) is 0. The fourth-order valence-electron chi connectivity index (χ4n) is 2.34. The van der Waals surface area contributed by atoms with Crippen molar-refractivity contribution in [3.8, 4) is 11.3 Å². The van der Waals surface area contributed by atoms with Gasteiger partial charge in [0, 0.05) is 18.5 Å². The number of rotatable bonds is 3. The summed E-state index contributed by atoms with van der Waals surface area (Å²) >= 11 is 0. The van der Waals surface area contributed by atoms with E-state index in [1.807, 2.05) is 12.1 Å². The van der Waals surface area contributed by atoms with Crippen LogP contribution in [0.1, 0.15) is 17.0 Å². The van der Waals surface area contributed by atoms with Gasteiger partial charge in [0.2, 0.25) is 0 Å². The van der Waals surface area contributed by atoms with Crippen LogP contribution in [-0.4, -0.2) is 16.5 Å². The SMILES string of the molecule is Cc1ccc(-c2ccc3oc(CCN)nc3n2)c(C)c1. The van der Waals surface area contributed by atoms with Gasteiger partial charge < -0.3 is 10.2 Å². The number of nitrogens with two attached hydrogens (primary N) is 1. The van der Waals surface area contributed by atoms with E-state index in [9.17, 15) is 0 Å². The quantitative estimate of drug-likeness (QED) is 0.792. The number of aromatic nitrogens is 2. The average Bonchev–Trinajstić information content (AvgIpc) is 2.80. The molecule has 0 aliphatic carbocycles. The Morgan fingerprint density at radius 1 is 1.10 bits per heavy atom. The molecule has 0 atom stereocenters. The fraction of sp³-hybridized carbons (Fsp3) is 0.250. The van der Waals surface area contributed by atoms with Crippen LogP contribution in [0.4, 0.5) is 0 Å². The fourth-order valence-corrected chi connectivity index (χ4v) is 2.34.